The molecule has 0 spiro atoms. The molecule has 2 heterocycles. The SMILES string of the molecule is CC1CNCC1C(=O)Nc1cc(Cl)ccc1-n1cccn1. The summed E-state index contributed by atoms with van der Waals surface area (Å²) in [4.78, 5) is 12.4. The summed E-state index contributed by atoms with van der Waals surface area (Å²) in [6, 6.07) is 7.22. The zero-order valence-electron chi connectivity index (χ0n) is 11.7. The number of hydrogen-bond acceptors (Lipinski definition) is 3. The topological polar surface area (TPSA) is 59.0 Å². The average Bonchev–Trinajstić information content (AvgIpc) is 3.10. The first-order valence-corrected chi connectivity index (χ1v) is 7.34. The number of benzene rings is 1. The molecular formula is C15H17ClN4O. The molecule has 1 saturated heterocycles. The number of carbonyl (C=O) groups is 1. The van der Waals surface area contributed by atoms with Gasteiger partial charge >= 0.3 is 0 Å². The zero-order chi connectivity index (χ0) is 14.8. The highest BCUT2D eigenvalue weighted by Crippen LogP contribution is 2.26. The standard InChI is InChI=1S/C15H17ClN4O/c1-10-8-17-9-12(10)15(21)19-13-7-11(16)3-4-14(13)20-6-2-5-18-20/h2-7,10,12,17H,8-9H2,1H3,(H,19,21). The van der Waals surface area contributed by atoms with Crippen LogP contribution in [0.5, 0.6) is 0 Å². The Labute approximate surface area is 128 Å². The Balaban J connectivity index is 1.87. The second-order valence-corrected chi connectivity index (χ2v) is 5.78. The molecule has 0 bridgehead atoms. The summed E-state index contributed by atoms with van der Waals surface area (Å²) in [5, 5.41) is 11.0. The van der Waals surface area contributed by atoms with Gasteiger partial charge in [-0.2, -0.15) is 5.10 Å². The first-order chi connectivity index (χ1) is 10.1. The Morgan fingerprint density at radius 2 is 2.33 bits per heavy atom. The van der Waals surface area contributed by atoms with Crippen molar-refractivity contribution in [1.29, 1.82) is 0 Å². The van der Waals surface area contributed by atoms with Crippen LogP contribution in [0.15, 0.2) is 36.7 Å². The summed E-state index contributed by atoms with van der Waals surface area (Å²) in [5.41, 5.74) is 1.48. The summed E-state index contributed by atoms with van der Waals surface area (Å²) in [5.74, 6) is 0.329. The molecule has 21 heavy (non-hydrogen) atoms. The largest absolute Gasteiger partial charge is 0.324 e. The van der Waals surface area contributed by atoms with Crippen molar-refractivity contribution in [2.24, 2.45) is 11.8 Å². The average molecular weight is 305 g/mol. The number of hydrogen-bond donors (Lipinski definition) is 2. The zero-order valence-corrected chi connectivity index (χ0v) is 12.5. The fourth-order valence-electron chi connectivity index (χ4n) is 2.61. The van der Waals surface area contributed by atoms with Crippen LogP contribution in [0.25, 0.3) is 5.69 Å². The van der Waals surface area contributed by atoms with Crippen LogP contribution in [-0.2, 0) is 4.79 Å². The van der Waals surface area contributed by atoms with Crippen molar-refractivity contribution in [2.45, 2.75) is 6.92 Å². The van der Waals surface area contributed by atoms with E-state index >= 15 is 0 Å². The van der Waals surface area contributed by atoms with Crippen molar-refractivity contribution in [3.8, 4) is 5.69 Å². The van der Waals surface area contributed by atoms with Gasteiger partial charge in [0.1, 0.15) is 0 Å². The molecule has 1 amide bonds. The molecule has 3 rings (SSSR count). The van der Waals surface area contributed by atoms with Gasteiger partial charge in [0.25, 0.3) is 0 Å². The summed E-state index contributed by atoms with van der Waals surface area (Å²) < 4.78 is 1.71. The van der Waals surface area contributed by atoms with Gasteiger partial charge < -0.3 is 10.6 Å². The predicted octanol–water partition coefficient (Wildman–Crippen LogP) is 2.32. The smallest absolute Gasteiger partial charge is 0.229 e. The summed E-state index contributed by atoms with van der Waals surface area (Å²) >= 11 is 6.06. The van der Waals surface area contributed by atoms with Crippen molar-refractivity contribution in [1.82, 2.24) is 15.1 Å². The minimum Gasteiger partial charge on any atom is -0.324 e. The van der Waals surface area contributed by atoms with Crippen molar-refractivity contribution >= 4 is 23.2 Å². The van der Waals surface area contributed by atoms with Crippen LogP contribution in [0.1, 0.15) is 6.92 Å². The van der Waals surface area contributed by atoms with E-state index < -0.39 is 0 Å². The lowest BCUT2D eigenvalue weighted by Gasteiger charge is -2.16. The lowest BCUT2D eigenvalue weighted by atomic mass is 9.97. The van der Waals surface area contributed by atoms with Gasteiger partial charge in [-0.15, -0.1) is 0 Å². The van der Waals surface area contributed by atoms with E-state index in [1.165, 1.54) is 0 Å². The van der Waals surface area contributed by atoms with Gasteiger partial charge in [-0.1, -0.05) is 18.5 Å². The molecule has 1 fully saturated rings. The maximum absolute atomic E-state index is 12.4. The monoisotopic (exact) mass is 304 g/mol. The van der Waals surface area contributed by atoms with Gasteiger partial charge in [0.2, 0.25) is 5.91 Å². The molecule has 2 unspecified atom stereocenters. The Bertz CT molecular complexity index is 641. The van der Waals surface area contributed by atoms with E-state index in [1.807, 2.05) is 18.3 Å². The van der Waals surface area contributed by atoms with Gasteiger partial charge in [0.05, 0.1) is 17.3 Å². The van der Waals surface area contributed by atoms with Crippen LogP contribution in [0, 0.1) is 11.8 Å². The highest BCUT2D eigenvalue weighted by Gasteiger charge is 2.29. The molecule has 0 aliphatic carbocycles. The van der Waals surface area contributed by atoms with Crippen LogP contribution >= 0.6 is 11.6 Å². The van der Waals surface area contributed by atoms with Gasteiger partial charge in [0.15, 0.2) is 0 Å². The van der Waals surface area contributed by atoms with Crippen LogP contribution < -0.4 is 10.6 Å². The van der Waals surface area contributed by atoms with E-state index in [1.54, 1.807) is 23.0 Å². The third-order valence-corrected chi connectivity index (χ3v) is 4.06. The number of nitrogens with one attached hydrogen (secondary N) is 2. The fraction of sp³-hybridized carbons (Fsp3) is 0.333. The molecule has 6 heteroatoms. The summed E-state index contributed by atoms with van der Waals surface area (Å²) in [6.45, 7) is 3.67. The highest BCUT2D eigenvalue weighted by molar-refractivity contribution is 6.31. The third-order valence-electron chi connectivity index (χ3n) is 3.82. The van der Waals surface area contributed by atoms with E-state index in [9.17, 15) is 4.79 Å². The maximum Gasteiger partial charge on any atom is 0.229 e. The first kappa shape index (κ1) is 14.1. The number of halogens is 1. The van der Waals surface area contributed by atoms with Gasteiger partial charge in [-0.25, -0.2) is 4.68 Å². The normalized spacial score (nSPS) is 21.4. The van der Waals surface area contributed by atoms with Crippen LogP contribution in [0.3, 0.4) is 0 Å². The van der Waals surface area contributed by atoms with Crippen molar-refractivity contribution in [2.75, 3.05) is 18.4 Å². The van der Waals surface area contributed by atoms with Crippen molar-refractivity contribution < 1.29 is 4.79 Å². The lowest BCUT2D eigenvalue weighted by molar-refractivity contribution is -0.120. The van der Waals surface area contributed by atoms with Gasteiger partial charge in [-0.3, -0.25) is 4.79 Å². The first-order valence-electron chi connectivity index (χ1n) is 6.96. The second kappa shape index (κ2) is 5.87. The van der Waals surface area contributed by atoms with E-state index in [-0.39, 0.29) is 11.8 Å². The number of aromatic nitrogens is 2. The predicted molar refractivity (Wildman–Crippen MR) is 82.7 cm³/mol. The molecule has 0 radical (unpaired) electrons. The van der Waals surface area contributed by atoms with Crippen LogP contribution in [-0.4, -0.2) is 28.8 Å². The maximum atomic E-state index is 12.4. The highest BCUT2D eigenvalue weighted by atomic mass is 35.5. The Morgan fingerprint density at radius 3 is 3.00 bits per heavy atom. The Hall–Kier alpha value is -1.85. The minimum absolute atomic E-state index is 0.0168. The number of anilines is 1. The molecule has 2 atom stereocenters. The molecule has 1 aliphatic rings. The van der Waals surface area contributed by atoms with Crippen molar-refractivity contribution in [3.05, 3.63) is 41.7 Å². The molecule has 1 aromatic carbocycles. The second-order valence-electron chi connectivity index (χ2n) is 5.34. The number of rotatable bonds is 3. The Kier molecular flexibility index (Phi) is 3.94. The van der Waals surface area contributed by atoms with Crippen LogP contribution in [0.2, 0.25) is 5.02 Å². The van der Waals surface area contributed by atoms with Gasteiger partial charge in [0, 0.05) is 24.0 Å². The summed E-state index contributed by atoms with van der Waals surface area (Å²) in [7, 11) is 0. The molecular weight excluding hydrogens is 288 g/mol. The van der Waals surface area contributed by atoms with E-state index in [2.05, 4.69) is 22.7 Å². The molecule has 5 nitrogen and oxygen atoms in total. The van der Waals surface area contributed by atoms with Gasteiger partial charge in [-0.05, 0) is 36.7 Å². The molecule has 2 aromatic rings. The number of carbonyl (C=O) groups excluding carboxylic acids is 1. The molecule has 2 N–H and O–H groups in total. The third kappa shape index (κ3) is 2.94. The van der Waals surface area contributed by atoms with Crippen molar-refractivity contribution in [3.63, 3.8) is 0 Å². The number of amides is 1. The molecule has 0 saturated carbocycles. The lowest BCUT2D eigenvalue weighted by Crippen LogP contribution is -2.28. The van der Waals surface area contributed by atoms with E-state index in [0.29, 0.717) is 23.2 Å². The Morgan fingerprint density at radius 1 is 1.48 bits per heavy atom. The van der Waals surface area contributed by atoms with E-state index in [4.69, 9.17) is 11.6 Å². The van der Waals surface area contributed by atoms with E-state index in [0.717, 1.165) is 12.2 Å². The quantitative estimate of drug-likeness (QED) is 0.915. The number of nitrogens with zero attached hydrogens (tertiary/aromatic N) is 2. The molecule has 1 aromatic heterocycles. The van der Waals surface area contributed by atoms with Crippen LogP contribution in [0.4, 0.5) is 5.69 Å². The minimum atomic E-state index is -0.0190. The molecule has 110 valence electrons. The fourth-order valence-corrected chi connectivity index (χ4v) is 2.78. The molecule has 1 aliphatic heterocycles. The summed E-state index contributed by atoms with van der Waals surface area (Å²) in [6.07, 6.45) is 3.53.